The van der Waals surface area contributed by atoms with Gasteiger partial charge in [0, 0.05) is 11.8 Å². The van der Waals surface area contributed by atoms with Gasteiger partial charge in [0.15, 0.2) is 0 Å². The summed E-state index contributed by atoms with van der Waals surface area (Å²) in [6, 6.07) is 22.6. The van der Waals surface area contributed by atoms with Gasteiger partial charge in [-0.15, -0.1) is 0 Å². The predicted molar refractivity (Wildman–Crippen MR) is 131 cm³/mol. The molecule has 0 saturated heterocycles. The molecule has 1 aromatic heterocycles. The van der Waals surface area contributed by atoms with Crippen LogP contribution < -0.4 is 5.32 Å². The van der Waals surface area contributed by atoms with E-state index in [0.29, 0.717) is 26.6 Å². The van der Waals surface area contributed by atoms with Gasteiger partial charge in [-0.25, -0.2) is 4.68 Å². The van der Waals surface area contributed by atoms with Gasteiger partial charge in [-0.05, 0) is 51.8 Å². The Morgan fingerprint density at radius 2 is 1.62 bits per heavy atom. The molecule has 1 N–H and O–H groups in total. The number of aromatic nitrogens is 2. The molecule has 0 atom stereocenters. The minimum atomic E-state index is -0.448. The number of rotatable bonds is 5. The van der Waals surface area contributed by atoms with Crippen molar-refractivity contribution in [2.45, 2.75) is 6.54 Å². The zero-order chi connectivity index (χ0) is 23.8. The van der Waals surface area contributed by atoms with Crippen LogP contribution in [0.5, 0.6) is 0 Å². The van der Waals surface area contributed by atoms with Gasteiger partial charge in [0.25, 0.3) is 17.7 Å². The summed E-state index contributed by atoms with van der Waals surface area (Å²) in [7, 11) is 0. The molecule has 3 aromatic carbocycles. The normalized spacial score (nSPS) is 12.7. The highest BCUT2D eigenvalue weighted by molar-refractivity contribution is 9.10. The van der Waals surface area contributed by atoms with E-state index in [0.717, 1.165) is 5.56 Å². The van der Waals surface area contributed by atoms with Gasteiger partial charge < -0.3 is 5.32 Å². The third-order valence-corrected chi connectivity index (χ3v) is 6.11. The van der Waals surface area contributed by atoms with Crippen LogP contribution in [-0.2, 0) is 6.54 Å². The summed E-state index contributed by atoms with van der Waals surface area (Å²) in [6.07, 6.45) is 0. The highest BCUT2D eigenvalue weighted by Crippen LogP contribution is 2.28. The lowest BCUT2D eigenvalue weighted by atomic mass is 10.1. The largest absolute Gasteiger partial charge is 0.321 e. The summed E-state index contributed by atoms with van der Waals surface area (Å²) in [4.78, 5) is 40.0. The number of hydrogen-bond acceptors (Lipinski definition) is 4. The third kappa shape index (κ3) is 4.02. The number of imide groups is 1. The summed E-state index contributed by atoms with van der Waals surface area (Å²) in [5.41, 5.74) is 2.58. The highest BCUT2D eigenvalue weighted by atomic mass is 79.9. The maximum Gasteiger partial charge on any atom is 0.274 e. The van der Waals surface area contributed by atoms with Gasteiger partial charge in [-0.2, -0.15) is 5.10 Å². The Morgan fingerprint density at radius 1 is 0.912 bits per heavy atom. The van der Waals surface area contributed by atoms with E-state index in [1.54, 1.807) is 42.5 Å². The molecule has 0 bridgehead atoms. The van der Waals surface area contributed by atoms with Crippen molar-refractivity contribution in [1.82, 2.24) is 14.7 Å². The Balaban J connectivity index is 1.40. The Morgan fingerprint density at radius 3 is 2.38 bits per heavy atom. The average molecular weight is 536 g/mol. The molecule has 3 amide bonds. The Labute approximate surface area is 208 Å². The Kier molecular flexibility index (Phi) is 5.77. The lowest BCUT2D eigenvalue weighted by molar-refractivity contribution is 0.0642. The number of hydrogen-bond donors (Lipinski definition) is 1. The van der Waals surface area contributed by atoms with E-state index in [-0.39, 0.29) is 23.7 Å². The fourth-order valence-electron chi connectivity index (χ4n) is 3.79. The summed E-state index contributed by atoms with van der Waals surface area (Å²) in [5.74, 6) is -1.21. The Bertz CT molecular complexity index is 1450. The van der Waals surface area contributed by atoms with Gasteiger partial charge in [0.2, 0.25) is 0 Å². The van der Waals surface area contributed by atoms with Crippen LogP contribution >= 0.6 is 27.5 Å². The number of anilines is 1. The molecular formula is C25H16BrClN4O3. The van der Waals surface area contributed by atoms with Crippen molar-refractivity contribution in [2.75, 3.05) is 5.32 Å². The van der Waals surface area contributed by atoms with Crippen LogP contribution in [0.4, 0.5) is 5.69 Å². The smallest absolute Gasteiger partial charge is 0.274 e. The molecule has 0 spiro atoms. The average Bonchev–Trinajstić information content (AvgIpc) is 3.33. The summed E-state index contributed by atoms with van der Waals surface area (Å²) >= 11 is 9.59. The number of nitrogens with one attached hydrogen (secondary N) is 1. The first-order valence-electron chi connectivity index (χ1n) is 10.3. The fraction of sp³-hybridized carbons (Fsp3) is 0.0400. The van der Waals surface area contributed by atoms with Crippen molar-refractivity contribution in [2.24, 2.45) is 0 Å². The van der Waals surface area contributed by atoms with Gasteiger partial charge in [-0.1, -0.05) is 54.1 Å². The van der Waals surface area contributed by atoms with Gasteiger partial charge in [-0.3, -0.25) is 19.3 Å². The zero-order valence-electron chi connectivity index (χ0n) is 17.5. The maximum atomic E-state index is 13.1. The fourth-order valence-corrected chi connectivity index (χ4v) is 4.39. The number of carbonyl (C=O) groups is 3. The van der Waals surface area contributed by atoms with E-state index in [1.165, 1.54) is 15.6 Å². The molecule has 0 radical (unpaired) electrons. The quantitative estimate of drug-likeness (QED) is 0.350. The van der Waals surface area contributed by atoms with Crippen molar-refractivity contribution >= 4 is 50.9 Å². The van der Waals surface area contributed by atoms with E-state index in [1.807, 2.05) is 30.3 Å². The van der Waals surface area contributed by atoms with E-state index in [2.05, 4.69) is 26.3 Å². The highest BCUT2D eigenvalue weighted by Gasteiger charge is 2.35. The van der Waals surface area contributed by atoms with Crippen LogP contribution in [0.2, 0.25) is 5.02 Å². The number of benzene rings is 3. The molecule has 4 aromatic rings. The van der Waals surface area contributed by atoms with E-state index in [9.17, 15) is 14.4 Å². The molecule has 168 valence electrons. The summed E-state index contributed by atoms with van der Waals surface area (Å²) in [6.45, 7) is 0.180. The van der Waals surface area contributed by atoms with Crippen molar-refractivity contribution in [3.05, 3.63) is 111 Å². The number of fused-ring (bicyclic) bond motifs is 1. The number of para-hydroxylation sites is 1. The van der Waals surface area contributed by atoms with Crippen LogP contribution in [0.25, 0.3) is 5.69 Å². The first kappa shape index (κ1) is 22.1. The van der Waals surface area contributed by atoms with Gasteiger partial charge in [0.05, 0.1) is 28.4 Å². The van der Waals surface area contributed by atoms with Crippen LogP contribution in [-0.4, -0.2) is 32.4 Å². The lowest BCUT2D eigenvalue weighted by Crippen LogP contribution is -2.29. The van der Waals surface area contributed by atoms with Crippen molar-refractivity contribution < 1.29 is 14.4 Å². The second-order valence-electron chi connectivity index (χ2n) is 7.61. The topological polar surface area (TPSA) is 84.3 Å². The minimum Gasteiger partial charge on any atom is -0.321 e. The molecule has 34 heavy (non-hydrogen) atoms. The van der Waals surface area contributed by atoms with Crippen molar-refractivity contribution in [3.63, 3.8) is 0 Å². The maximum absolute atomic E-state index is 13.1. The SMILES string of the molecule is O=C(Nc1ccc2c(c1)C(=O)N(Cc1ccccc1)C2=O)c1cc(Br)nn1-c1ccccc1Cl. The molecule has 0 aliphatic carbocycles. The standard InChI is InChI=1S/C25H16BrClN4O3/c26-22-13-21(31(29-22)20-9-5-4-8-19(20)27)23(32)28-16-10-11-17-18(12-16)25(34)30(24(17)33)14-15-6-2-1-3-7-15/h1-13H,14H2,(H,28,32). The van der Waals surface area contributed by atoms with Crippen LogP contribution in [0, 0.1) is 0 Å². The third-order valence-electron chi connectivity index (χ3n) is 5.40. The first-order valence-corrected chi connectivity index (χ1v) is 11.5. The molecule has 2 heterocycles. The van der Waals surface area contributed by atoms with E-state index < -0.39 is 11.8 Å². The number of halogens is 2. The molecule has 0 unspecified atom stereocenters. The second kappa shape index (κ2) is 8.89. The van der Waals surface area contributed by atoms with Crippen LogP contribution in [0.3, 0.4) is 0 Å². The monoisotopic (exact) mass is 534 g/mol. The van der Waals surface area contributed by atoms with Crippen molar-refractivity contribution in [3.8, 4) is 5.69 Å². The molecular weight excluding hydrogens is 520 g/mol. The molecule has 5 rings (SSSR count). The Hall–Kier alpha value is -3.75. The first-order chi connectivity index (χ1) is 16.4. The molecule has 0 saturated carbocycles. The lowest BCUT2D eigenvalue weighted by Gasteiger charge is -2.13. The summed E-state index contributed by atoms with van der Waals surface area (Å²) < 4.78 is 1.90. The predicted octanol–water partition coefficient (Wildman–Crippen LogP) is 5.34. The van der Waals surface area contributed by atoms with Gasteiger partial charge in [0.1, 0.15) is 10.3 Å². The van der Waals surface area contributed by atoms with E-state index >= 15 is 0 Å². The van der Waals surface area contributed by atoms with Crippen LogP contribution in [0.1, 0.15) is 36.8 Å². The van der Waals surface area contributed by atoms with E-state index in [4.69, 9.17) is 11.6 Å². The van der Waals surface area contributed by atoms with Gasteiger partial charge >= 0.3 is 0 Å². The van der Waals surface area contributed by atoms with Crippen LogP contribution in [0.15, 0.2) is 83.5 Å². The zero-order valence-corrected chi connectivity index (χ0v) is 19.9. The minimum absolute atomic E-state index is 0.180. The summed E-state index contributed by atoms with van der Waals surface area (Å²) in [5, 5.41) is 7.54. The molecule has 7 nitrogen and oxygen atoms in total. The number of nitrogens with zero attached hydrogens (tertiary/aromatic N) is 3. The molecule has 0 fully saturated rings. The molecule has 9 heteroatoms. The van der Waals surface area contributed by atoms with Crippen molar-refractivity contribution in [1.29, 1.82) is 0 Å². The number of amides is 3. The molecule has 1 aliphatic heterocycles. The second-order valence-corrected chi connectivity index (χ2v) is 8.83. The molecule has 1 aliphatic rings. The number of carbonyl (C=O) groups excluding carboxylic acids is 3.